The molecule has 1 aliphatic rings. The minimum absolute atomic E-state index is 0.0978. The van der Waals surface area contributed by atoms with E-state index >= 15 is 0 Å². The Bertz CT molecular complexity index is 765. The van der Waals surface area contributed by atoms with E-state index in [1.165, 1.54) is 6.92 Å². The quantitative estimate of drug-likeness (QED) is 0.901. The lowest BCUT2D eigenvalue weighted by atomic mass is 9.91. The third-order valence-corrected chi connectivity index (χ3v) is 4.32. The third-order valence-electron chi connectivity index (χ3n) is 4.32. The predicted octanol–water partition coefficient (Wildman–Crippen LogP) is 1.43. The monoisotopic (exact) mass is 343 g/mol. The molecule has 0 spiro atoms. The molecule has 0 saturated carbocycles. The van der Waals surface area contributed by atoms with Crippen molar-refractivity contribution in [3.63, 3.8) is 0 Å². The van der Waals surface area contributed by atoms with Gasteiger partial charge in [-0.3, -0.25) is 19.6 Å². The highest BCUT2D eigenvalue weighted by atomic mass is 16.5. The summed E-state index contributed by atoms with van der Waals surface area (Å²) in [5.74, 6) is 0.274. The van der Waals surface area contributed by atoms with Crippen LogP contribution in [-0.4, -0.2) is 44.9 Å². The average Bonchev–Trinajstić information content (AvgIpc) is 3.06. The van der Waals surface area contributed by atoms with Gasteiger partial charge in [0.05, 0.1) is 23.6 Å². The van der Waals surface area contributed by atoms with E-state index in [0.29, 0.717) is 25.3 Å². The van der Waals surface area contributed by atoms with Crippen LogP contribution in [0.3, 0.4) is 0 Å². The molecule has 2 aromatic heterocycles. The fourth-order valence-corrected chi connectivity index (χ4v) is 3.04. The third kappa shape index (κ3) is 4.01. The van der Waals surface area contributed by atoms with Gasteiger partial charge in [0.25, 0.3) is 5.91 Å². The van der Waals surface area contributed by atoms with Gasteiger partial charge in [0.15, 0.2) is 0 Å². The van der Waals surface area contributed by atoms with Gasteiger partial charge in [0.1, 0.15) is 0 Å². The van der Waals surface area contributed by atoms with Crippen molar-refractivity contribution in [1.29, 1.82) is 0 Å². The number of amides is 2. The average molecular weight is 343 g/mol. The molecule has 2 amide bonds. The molecule has 3 heterocycles. The number of hydrogen-bond donors (Lipinski definition) is 1. The molecule has 3 rings (SSSR count). The molecule has 1 N–H and O–H groups in total. The summed E-state index contributed by atoms with van der Waals surface area (Å²) < 4.78 is 5.06. The zero-order valence-corrected chi connectivity index (χ0v) is 14.4. The van der Waals surface area contributed by atoms with Crippen LogP contribution in [0.15, 0.2) is 23.0 Å². The summed E-state index contributed by atoms with van der Waals surface area (Å²) in [5, 5.41) is 6.53. The van der Waals surface area contributed by atoms with Gasteiger partial charge in [-0.15, -0.1) is 0 Å². The van der Waals surface area contributed by atoms with E-state index in [-0.39, 0.29) is 23.5 Å². The standard InChI is InChI=1S/C17H21N5O3/c1-11-9-15(25-21-11)17(24)22-7-3-13(4-8-22)16-14(10-20-12(2)23)18-5-6-19-16/h5-6,9,13H,3-4,7-8,10H2,1-2H3,(H,20,23). The molecule has 25 heavy (non-hydrogen) atoms. The summed E-state index contributed by atoms with van der Waals surface area (Å²) in [4.78, 5) is 34.2. The Balaban J connectivity index is 1.64. The molecule has 0 atom stereocenters. The first-order valence-corrected chi connectivity index (χ1v) is 8.31. The molecule has 0 bridgehead atoms. The normalized spacial score (nSPS) is 15.2. The van der Waals surface area contributed by atoms with E-state index in [2.05, 4.69) is 20.4 Å². The largest absolute Gasteiger partial charge is 0.351 e. The number of hydrogen-bond acceptors (Lipinski definition) is 6. The Kier molecular flexibility index (Phi) is 5.06. The molecule has 8 nitrogen and oxygen atoms in total. The van der Waals surface area contributed by atoms with Crippen LogP contribution < -0.4 is 5.32 Å². The van der Waals surface area contributed by atoms with Gasteiger partial charge in [-0.05, 0) is 19.8 Å². The van der Waals surface area contributed by atoms with Gasteiger partial charge < -0.3 is 14.7 Å². The van der Waals surface area contributed by atoms with Crippen molar-refractivity contribution < 1.29 is 14.1 Å². The second-order valence-corrected chi connectivity index (χ2v) is 6.20. The minimum Gasteiger partial charge on any atom is -0.351 e. The van der Waals surface area contributed by atoms with Crippen LogP contribution in [0.4, 0.5) is 0 Å². The number of aryl methyl sites for hydroxylation is 1. The van der Waals surface area contributed by atoms with Crippen LogP contribution in [0.2, 0.25) is 0 Å². The smallest absolute Gasteiger partial charge is 0.292 e. The summed E-state index contributed by atoms with van der Waals surface area (Å²) in [7, 11) is 0. The van der Waals surface area contributed by atoms with Gasteiger partial charge >= 0.3 is 0 Å². The molecular weight excluding hydrogens is 322 g/mol. The highest BCUT2D eigenvalue weighted by molar-refractivity contribution is 5.91. The van der Waals surface area contributed by atoms with Crippen molar-refractivity contribution >= 4 is 11.8 Å². The van der Waals surface area contributed by atoms with E-state index < -0.39 is 0 Å². The van der Waals surface area contributed by atoms with Crippen LogP contribution in [0, 0.1) is 6.92 Å². The van der Waals surface area contributed by atoms with Crippen molar-refractivity contribution in [2.45, 2.75) is 39.2 Å². The molecule has 1 saturated heterocycles. The molecule has 0 aliphatic carbocycles. The maximum absolute atomic E-state index is 12.4. The predicted molar refractivity (Wildman–Crippen MR) is 88.7 cm³/mol. The van der Waals surface area contributed by atoms with Gasteiger partial charge in [-0.2, -0.15) is 0 Å². The molecule has 132 valence electrons. The summed E-state index contributed by atoms with van der Waals surface area (Å²) in [6.07, 6.45) is 4.89. The maximum atomic E-state index is 12.4. The molecule has 0 radical (unpaired) electrons. The topological polar surface area (TPSA) is 101 Å². The van der Waals surface area contributed by atoms with E-state index in [1.807, 2.05) is 0 Å². The maximum Gasteiger partial charge on any atom is 0.292 e. The van der Waals surface area contributed by atoms with E-state index in [1.54, 1.807) is 30.3 Å². The van der Waals surface area contributed by atoms with Gasteiger partial charge in [-0.25, -0.2) is 0 Å². The molecule has 1 aliphatic heterocycles. The summed E-state index contributed by atoms with van der Waals surface area (Å²) in [6.45, 7) is 4.89. The van der Waals surface area contributed by atoms with Crippen LogP contribution in [0.5, 0.6) is 0 Å². The summed E-state index contributed by atoms with van der Waals surface area (Å²) in [5.41, 5.74) is 2.38. The van der Waals surface area contributed by atoms with Crippen molar-refractivity contribution in [3.8, 4) is 0 Å². The number of piperidine rings is 1. The fraction of sp³-hybridized carbons (Fsp3) is 0.471. The number of carbonyl (C=O) groups excluding carboxylic acids is 2. The number of nitrogens with one attached hydrogen (secondary N) is 1. The Morgan fingerprint density at radius 2 is 2.00 bits per heavy atom. The van der Waals surface area contributed by atoms with E-state index in [9.17, 15) is 9.59 Å². The first kappa shape index (κ1) is 17.1. The minimum atomic E-state index is -0.128. The lowest BCUT2D eigenvalue weighted by molar-refractivity contribution is -0.119. The van der Waals surface area contributed by atoms with E-state index in [4.69, 9.17) is 4.52 Å². The summed E-state index contributed by atoms with van der Waals surface area (Å²) >= 11 is 0. The van der Waals surface area contributed by atoms with Crippen LogP contribution in [-0.2, 0) is 11.3 Å². The highest BCUT2D eigenvalue weighted by Gasteiger charge is 2.28. The highest BCUT2D eigenvalue weighted by Crippen LogP contribution is 2.28. The lowest BCUT2D eigenvalue weighted by Crippen LogP contribution is -2.38. The number of aromatic nitrogens is 3. The van der Waals surface area contributed by atoms with Crippen molar-refractivity contribution in [1.82, 2.24) is 25.3 Å². The second kappa shape index (κ2) is 7.42. The Hall–Kier alpha value is -2.77. The molecule has 0 aromatic carbocycles. The first-order chi connectivity index (χ1) is 12.0. The number of nitrogens with zero attached hydrogens (tertiary/aromatic N) is 4. The first-order valence-electron chi connectivity index (χ1n) is 8.31. The molecular formula is C17H21N5O3. The lowest BCUT2D eigenvalue weighted by Gasteiger charge is -2.31. The van der Waals surface area contributed by atoms with Gasteiger partial charge in [0, 0.05) is 44.4 Å². The summed E-state index contributed by atoms with van der Waals surface area (Å²) in [6, 6.07) is 1.66. The molecule has 2 aromatic rings. The number of likely N-dealkylation sites (tertiary alicyclic amines) is 1. The molecule has 1 fully saturated rings. The molecule has 8 heteroatoms. The van der Waals surface area contributed by atoms with Crippen LogP contribution >= 0.6 is 0 Å². The van der Waals surface area contributed by atoms with Crippen molar-refractivity contribution in [2.75, 3.05) is 13.1 Å². The molecule has 0 unspecified atom stereocenters. The van der Waals surface area contributed by atoms with Crippen molar-refractivity contribution in [2.24, 2.45) is 0 Å². The van der Waals surface area contributed by atoms with Crippen LogP contribution in [0.1, 0.15) is 53.3 Å². The van der Waals surface area contributed by atoms with Crippen molar-refractivity contribution in [3.05, 3.63) is 41.3 Å². The van der Waals surface area contributed by atoms with E-state index in [0.717, 1.165) is 24.2 Å². The SMILES string of the molecule is CC(=O)NCc1nccnc1C1CCN(C(=O)c2cc(C)no2)CC1. The Morgan fingerprint density at radius 3 is 2.64 bits per heavy atom. The number of rotatable bonds is 4. The van der Waals surface area contributed by atoms with Crippen LogP contribution in [0.25, 0.3) is 0 Å². The zero-order valence-electron chi connectivity index (χ0n) is 14.4. The fourth-order valence-electron chi connectivity index (χ4n) is 3.04. The van der Waals surface area contributed by atoms with Gasteiger partial charge in [-0.1, -0.05) is 5.16 Å². The Labute approximate surface area is 145 Å². The van der Waals surface area contributed by atoms with Gasteiger partial charge in [0.2, 0.25) is 11.7 Å². The second-order valence-electron chi connectivity index (χ2n) is 6.20. The zero-order chi connectivity index (χ0) is 17.8. The number of carbonyl (C=O) groups is 2. The Morgan fingerprint density at radius 1 is 1.28 bits per heavy atom.